The first-order valence-electron chi connectivity index (χ1n) is 3.18. The van der Waals surface area contributed by atoms with Crippen LogP contribution in [0.25, 0.3) is 0 Å². The van der Waals surface area contributed by atoms with Crippen molar-refractivity contribution < 1.29 is 0 Å². The molecule has 0 rings (SSSR count). The quantitative estimate of drug-likeness (QED) is 0.275. The van der Waals surface area contributed by atoms with Crippen molar-refractivity contribution in [2.24, 2.45) is 0 Å². The predicted octanol–water partition coefficient (Wildman–Crippen LogP) is 8.05. The van der Waals surface area contributed by atoms with Gasteiger partial charge in [-0.3, -0.25) is 0 Å². The normalized spacial score (nSPS) is 1.83. The monoisotopic (exact) mass is 538 g/mol. The van der Waals surface area contributed by atoms with Crippen LogP contribution in [0.2, 0.25) is 0 Å². The molecule has 0 nitrogen and oxygen atoms in total. The lowest BCUT2D eigenvalue weighted by molar-refractivity contribution is 2.50. The summed E-state index contributed by atoms with van der Waals surface area (Å²) >= 11 is 42.2. The highest BCUT2D eigenvalue weighted by molar-refractivity contribution is 7.79. The third-order valence-electron chi connectivity index (χ3n) is 0. The van der Waals surface area contributed by atoms with Gasteiger partial charge < -0.3 is 0 Å². The summed E-state index contributed by atoms with van der Waals surface area (Å²) in [5.41, 5.74) is 0. The van der Waals surface area contributed by atoms with E-state index in [1.807, 2.05) is 0 Å². The first-order valence-corrected chi connectivity index (χ1v) is 9.53. The minimum atomic E-state index is 0. The van der Waals surface area contributed by atoms with E-state index in [0.29, 0.717) is 0 Å². The van der Waals surface area contributed by atoms with Gasteiger partial charge in [0.2, 0.25) is 0 Å². The van der Waals surface area contributed by atoms with Crippen molar-refractivity contribution in [1.82, 2.24) is 0 Å². The Kier molecular flexibility index (Phi) is 53900. The molecule has 0 aromatic rings. The lowest BCUT2D eigenvalue weighted by Gasteiger charge is -0.774. The molecule has 11 heteroatoms. The largest absolute Gasteiger partial charge is 0.0973 e. The number of hydrogen-bond donors (Lipinski definition) is 0. The van der Waals surface area contributed by atoms with Crippen LogP contribution < -0.4 is 0 Å². The van der Waals surface area contributed by atoms with Gasteiger partial charge in [0, 0.05) is 0 Å². The second-order valence-corrected chi connectivity index (χ2v) is 0. The Labute approximate surface area is 211 Å². The second kappa shape index (κ2) is 12900. The maximum Gasteiger partial charge on any atom is -0.0351 e. The average Bonchev–Trinajstić information content (AvgIpc) is 2.78. The molecule has 0 atom stereocenters. The van der Waals surface area contributed by atoms with Gasteiger partial charge in [0.25, 0.3) is 0 Å². The molecule has 0 aromatic carbocycles. The maximum atomic E-state index is 3.83. The van der Waals surface area contributed by atoms with Crippen molar-refractivity contribution in [2.45, 2.75) is 14.9 Å². The number of rotatable bonds is 0. The van der Waals surface area contributed by atoms with Crippen LogP contribution >= 0.6 is 134 Å². The molecule has 0 fully saturated rings. The lowest BCUT2D eigenvalue weighted by Crippen LogP contribution is -0.661. The van der Waals surface area contributed by atoms with Crippen molar-refractivity contribution in [3.8, 4) is 0 Å². The van der Waals surface area contributed by atoms with Crippen LogP contribution in [0.1, 0.15) is 14.9 Å². The standard InChI is InChI=1S/11CH2S.2CH4/c11*1-2;;/h11*1H2;2*1H4. The predicted molar refractivity (Wildman–Crippen MR) is 175 cm³/mol. The van der Waals surface area contributed by atoms with Crippen LogP contribution in [0.3, 0.4) is 0 Å². The van der Waals surface area contributed by atoms with E-state index in [9.17, 15) is 0 Å². The van der Waals surface area contributed by atoms with Crippen molar-refractivity contribution >= 4 is 199 Å². The second-order valence-electron chi connectivity index (χ2n) is 0. The highest BCUT2D eigenvalue weighted by Crippen LogP contribution is 1.05. The number of hydrogen-bond acceptors (Lipinski definition) is 11. The molecule has 0 saturated heterocycles. The van der Waals surface area contributed by atoms with Crippen molar-refractivity contribution in [1.29, 1.82) is 0 Å². The van der Waals surface area contributed by atoms with Gasteiger partial charge in [-0.1, -0.05) is 149 Å². The maximum absolute atomic E-state index is 3.83. The molecule has 0 radical (unpaired) electrons. The van der Waals surface area contributed by atoms with Gasteiger partial charge in [0.1, 0.15) is 0 Å². The zero-order valence-corrected chi connectivity index (χ0v) is 21.3. The van der Waals surface area contributed by atoms with Gasteiger partial charge in [-0.05, 0) is 64.6 Å². The Bertz CT molecular complexity index is 61.9. The minimum absolute atomic E-state index is 0. The van der Waals surface area contributed by atoms with Crippen LogP contribution in [0.4, 0.5) is 0 Å². The van der Waals surface area contributed by atoms with Crippen LogP contribution in [0, 0.1) is 0 Å². The lowest BCUT2D eigenvalue weighted by atomic mass is 12.0. The highest BCUT2D eigenvalue weighted by atomic mass is 32.1. The van der Waals surface area contributed by atoms with Gasteiger partial charge in [-0.15, -0.1) is 0 Å². The summed E-state index contributed by atoms with van der Waals surface area (Å²) in [6, 6.07) is 0. The van der Waals surface area contributed by atoms with E-state index in [-0.39, 0.29) is 14.9 Å². The van der Waals surface area contributed by atoms with Crippen molar-refractivity contribution in [3.63, 3.8) is 0 Å². The van der Waals surface area contributed by atoms with Gasteiger partial charge in [0.05, 0.1) is 0 Å². The zero-order chi connectivity index (χ0) is 22.0. The van der Waals surface area contributed by atoms with Gasteiger partial charge >= 0.3 is 0 Å². The molecule has 0 aliphatic rings. The molecule has 0 amide bonds. The molecule has 0 bridgehead atoms. The zero-order valence-electron chi connectivity index (χ0n) is 12.3. The molecule has 0 aliphatic carbocycles. The Morgan fingerprint density at radius 3 is 0.167 bits per heavy atom. The van der Waals surface area contributed by atoms with Crippen LogP contribution in [0.15, 0.2) is 0 Å². The van der Waals surface area contributed by atoms with E-state index in [1.54, 1.807) is 0 Å². The van der Waals surface area contributed by atoms with Crippen molar-refractivity contribution in [2.75, 3.05) is 0 Å². The fourth-order valence-corrected chi connectivity index (χ4v) is 0. The smallest absolute Gasteiger partial charge is 0.0351 e. The minimum Gasteiger partial charge on any atom is -0.0973 e. The van der Waals surface area contributed by atoms with Gasteiger partial charge in [0.15, 0.2) is 0 Å². The third-order valence-corrected chi connectivity index (χ3v) is 0. The van der Waals surface area contributed by atoms with Crippen molar-refractivity contribution in [3.05, 3.63) is 0 Å². The third kappa shape index (κ3) is 11300. The fraction of sp³-hybridized carbons (Fsp3) is 0.154. The molecule has 0 N–H and O–H groups in total. The average molecular weight is 539 g/mol. The Morgan fingerprint density at radius 2 is 0.167 bits per heavy atom. The van der Waals surface area contributed by atoms with E-state index in [0.717, 1.165) is 0 Å². The Morgan fingerprint density at radius 1 is 0.167 bits per heavy atom. The fourth-order valence-electron chi connectivity index (χ4n) is 0. The molecule has 0 heterocycles. The summed E-state index contributed by atoms with van der Waals surface area (Å²) in [5.74, 6) is 31.2. The highest BCUT2D eigenvalue weighted by Gasteiger charge is 0.662. The molecule has 148 valence electrons. The summed E-state index contributed by atoms with van der Waals surface area (Å²) in [5, 5.41) is 0. The van der Waals surface area contributed by atoms with Gasteiger partial charge in [-0.25, -0.2) is 0 Å². The molecule has 0 saturated carbocycles. The summed E-state index contributed by atoms with van der Waals surface area (Å²) in [4.78, 5) is 0. The summed E-state index contributed by atoms with van der Waals surface area (Å²) in [6.07, 6.45) is 0. The number of thiocarbonyl (C=S) groups is 11. The summed E-state index contributed by atoms with van der Waals surface area (Å²) in [6.45, 7) is 0. The van der Waals surface area contributed by atoms with E-state index < -0.39 is 0 Å². The topological polar surface area (TPSA) is 0 Å². The van der Waals surface area contributed by atoms with E-state index in [1.165, 1.54) is 0 Å². The molecular weight excluding hydrogens is 509 g/mol. The molecule has 24 heavy (non-hydrogen) atoms. The summed E-state index contributed by atoms with van der Waals surface area (Å²) in [7, 11) is 0. The first-order chi connectivity index (χ1) is 11.0. The van der Waals surface area contributed by atoms with Gasteiger partial charge in [-0.2, -0.15) is 0 Å². The van der Waals surface area contributed by atoms with Crippen LogP contribution in [-0.4, -0.2) is 64.6 Å². The van der Waals surface area contributed by atoms with E-state index >= 15 is 0 Å². The Balaban J connectivity index is -0.00000000500. The van der Waals surface area contributed by atoms with E-state index in [4.69, 9.17) is 0 Å². The summed E-state index contributed by atoms with van der Waals surface area (Å²) < 4.78 is 0. The molecular formula is C13H30S11. The molecule has 0 aliphatic heterocycles. The molecule has 0 unspecified atom stereocenters. The molecule has 0 aromatic heterocycles. The SMILES string of the molecule is C.C.C=S.C=S.C=S.C=S.C=S.C=S.C=S.C=S.C=S.C=S.C=S. The molecule has 0 spiro atoms. The van der Waals surface area contributed by atoms with Crippen LogP contribution in [0.5, 0.6) is 0 Å². The Hall–Kier alpha value is 0.990. The van der Waals surface area contributed by atoms with E-state index in [2.05, 4.69) is 199 Å². The van der Waals surface area contributed by atoms with Crippen LogP contribution in [-0.2, 0) is 0 Å². The first kappa shape index (κ1) is 100.